The van der Waals surface area contributed by atoms with Crippen LogP contribution in [0.5, 0.6) is 0 Å². The van der Waals surface area contributed by atoms with Crippen LogP contribution < -0.4 is 0 Å². The van der Waals surface area contributed by atoms with Crippen molar-refractivity contribution < 1.29 is 0 Å². The van der Waals surface area contributed by atoms with Crippen LogP contribution in [0.4, 0.5) is 0 Å². The van der Waals surface area contributed by atoms with Crippen molar-refractivity contribution in [3.05, 3.63) is 0 Å². The molecule has 0 aliphatic carbocycles. The van der Waals surface area contributed by atoms with E-state index in [-0.39, 0.29) is 0 Å². The molecule has 0 aromatic rings. The molecular formula is C25H50N4. The highest BCUT2D eigenvalue weighted by Gasteiger charge is 2.32. The molecule has 1 atom stereocenters. The lowest BCUT2D eigenvalue weighted by Gasteiger charge is -2.46. The van der Waals surface area contributed by atoms with Gasteiger partial charge >= 0.3 is 0 Å². The Morgan fingerprint density at radius 3 is 1.48 bits per heavy atom. The van der Waals surface area contributed by atoms with Gasteiger partial charge in [-0.1, -0.05) is 0 Å². The molecule has 4 nitrogen and oxygen atoms in total. The zero-order valence-electron chi connectivity index (χ0n) is 20.7. The quantitative estimate of drug-likeness (QED) is 0.699. The fourth-order valence-corrected chi connectivity index (χ4v) is 5.78. The number of likely N-dealkylation sites (tertiary alicyclic amines) is 2. The molecule has 3 saturated heterocycles. The highest BCUT2D eigenvalue weighted by Crippen LogP contribution is 2.27. The third-order valence-electron chi connectivity index (χ3n) is 7.98. The predicted molar refractivity (Wildman–Crippen MR) is 126 cm³/mol. The zero-order valence-corrected chi connectivity index (χ0v) is 20.7. The molecule has 4 heteroatoms. The zero-order chi connectivity index (χ0) is 21.2. The Balaban J connectivity index is 1.37. The van der Waals surface area contributed by atoms with Crippen molar-refractivity contribution in [1.82, 2.24) is 19.6 Å². The Morgan fingerprint density at radius 1 is 0.621 bits per heavy atom. The van der Waals surface area contributed by atoms with Gasteiger partial charge < -0.3 is 4.90 Å². The number of hydrogen-bond acceptors (Lipinski definition) is 4. The maximum absolute atomic E-state index is 2.80. The smallest absolute Gasteiger partial charge is 0.0195 e. The van der Waals surface area contributed by atoms with E-state index in [2.05, 4.69) is 68.1 Å². The summed E-state index contributed by atoms with van der Waals surface area (Å²) < 4.78 is 0. The molecule has 3 fully saturated rings. The first-order chi connectivity index (χ1) is 13.5. The van der Waals surface area contributed by atoms with Crippen LogP contribution in [0.25, 0.3) is 0 Å². The standard InChI is InChI=1S/C25H50N4/c1-21-18-26(19-22-8-12-28(13-9-22)24(2,3)4)16-17-27(21)20-23-10-14-29(15-11-23)25(5,6)7/h21-23H,8-20H2,1-7H3. The molecule has 0 aromatic carbocycles. The van der Waals surface area contributed by atoms with E-state index in [9.17, 15) is 0 Å². The normalized spacial score (nSPS) is 28.9. The summed E-state index contributed by atoms with van der Waals surface area (Å²) in [4.78, 5) is 10.9. The molecule has 0 bridgehead atoms. The van der Waals surface area contributed by atoms with E-state index < -0.39 is 0 Å². The molecule has 0 saturated carbocycles. The fourth-order valence-electron chi connectivity index (χ4n) is 5.78. The topological polar surface area (TPSA) is 13.0 Å². The van der Waals surface area contributed by atoms with Crippen LogP contribution in [0.15, 0.2) is 0 Å². The molecule has 0 spiro atoms. The minimum absolute atomic E-state index is 0.340. The van der Waals surface area contributed by atoms with E-state index in [0.717, 1.165) is 17.9 Å². The van der Waals surface area contributed by atoms with Crippen molar-refractivity contribution in [2.75, 3.05) is 58.9 Å². The van der Waals surface area contributed by atoms with Crippen LogP contribution in [-0.4, -0.2) is 95.6 Å². The molecule has 0 amide bonds. The average Bonchev–Trinajstić information content (AvgIpc) is 2.63. The van der Waals surface area contributed by atoms with Crippen molar-refractivity contribution in [3.63, 3.8) is 0 Å². The predicted octanol–water partition coefficient (Wildman–Crippen LogP) is 4.01. The van der Waals surface area contributed by atoms with E-state index in [1.807, 2.05) is 0 Å². The van der Waals surface area contributed by atoms with Crippen molar-refractivity contribution in [2.24, 2.45) is 11.8 Å². The van der Waals surface area contributed by atoms with Crippen LogP contribution in [0, 0.1) is 11.8 Å². The molecule has 3 aliphatic rings. The number of piperazine rings is 1. The molecule has 3 rings (SSSR count). The summed E-state index contributed by atoms with van der Waals surface area (Å²) >= 11 is 0. The molecule has 0 aromatic heterocycles. The SMILES string of the molecule is CC1CN(CC2CCN(C(C)(C)C)CC2)CCN1CC1CCN(C(C)(C)C)CC1. The summed E-state index contributed by atoms with van der Waals surface area (Å²) in [7, 11) is 0. The third kappa shape index (κ3) is 6.66. The van der Waals surface area contributed by atoms with Gasteiger partial charge in [-0.2, -0.15) is 0 Å². The second-order valence-corrected chi connectivity index (χ2v) is 12.3. The largest absolute Gasteiger partial charge is 0.300 e. The van der Waals surface area contributed by atoms with Gasteiger partial charge in [-0.15, -0.1) is 0 Å². The highest BCUT2D eigenvalue weighted by atomic mass is 15.3. The number of rotatable bonds is 4. The second kappa shape index (κ2) is 9.54. The number of nitrogens with zero attached hydrogens (tertiary/aromatic N) is 4. The van der Waals surface area contributed by atoms with Crippen LogP contribution in [0.3, 0.4) is 0 Å². The van der Waals surface area contributed by atoms with Gasteiger partial charge in [-0.05, 0) is 112 Å². The Hall–Kier alpha value is -0.160. The Morgan fingerprint density at radius 2 is 1.07 bits per heavy atom. The van der Waals surface area contributed by atoms with Crippen LogP contribution in [0.2, 0.25) is 0 Å². The van der Waals surface area contributed by atoms with Crippen LogP contribution in [0.1, 0.15) is 74.1 Å². The second-order valence-electron chi connectivity index (χ2n) is 12.3. The number of piperidine rings is 2. The van der Waals surface area contributed by atoms with Crippen LogP contribution in [-0.2, 0) is 0 Å². The Bertz CT molecular complexity index is 490. The first kappa shape index (κ1) is 23.5. The van der Waals surface area contributed by atoms with Gasteiger partial charge in [0.2, 0.25) is 0 Å². The summed E-state index contributed by atoms with van der Waals surface area (Å²) in [5.74, 6) is 1.82. The molecular weight excluding hydrogens is 356 g/mol. The van der Waals surface area contributed by atoms with Crippen molar-refractivity contribution in [1.29, 1.82) is 0 Å². The van der Waals surface area contributed by atoms with E-state index in [0.29, 0.717) is 11.1 Å². The molecule has 3 aliphatic heterocycles. The van der Waals surface area contributed by atoms with Gasteiger partial charge in [0, 0.05) is 49.8 Å². The minimum Gasteiger partial charge on any atom is -0.300 e. The lowest BCUT2D eigenvalue weighted by molar-refractivity contribution is 0.0265. The summed E-state index contributed by atoms with van der Waals surface area (Å²) in [6.07, 6.45) is 5.55. The molecule has 3 heterocycles. The van der Waals surface area contributed by atoms with Crippen molar-refractivity contribution in [3.8, 4) is 0 Å². The molecule has 0 N–H and O–H groups in total. The van der Waals surface area contributed by atoms with Crippen LogP contribution >= 0.6 is 0 Å². The van der Waals surface area contributed by atoms with Gasteiger partial charge in [-0.3, -0.25) is 14.7 Å². The molecule has 0 radical (unpaired) electrons. The highest BCUT2D eigenvalue weighted by molar-refractivity contribution is 4.88. The van der Waals surface area contributed by atoms with Gasteiger partial charge in [0.25, 0.3) is 0 Å². The fraction of sp³-hybridized carbons (Fsp3) is 1.00. The minimum atomic E-state index is 0.340. The molecule has 29 heavy (non-hydrogen) atoms. The van der Waals surface area contributed by atoms with E-state index >= 15 is 0 Å². The van der Waals surface area contributed by atoms with Gasteiger partial charge in [0.1, 0.15) is 0 Å². The van der Waals surface area contributed by atoms with Gasteiger partial charge in [0.15, 0.2) is 0 Å². The van der Waals surface area contributed by atoms with Gasteiger partial charge in [0.05, 0.1) is 0 Å². The first-order valence-electron chi connectivity index (χ1n) is 12.5. The third-order valence-corrected chi connectivity index (χ3v) is 7.98. The summed E-state index contributed by atoms with van der Waals surface area (Å²) in [5.41, 5.74) is 0.682. The monoisotopic (exact) mass is 406 g/mol. The summed E-state index contributed by atoms with van der Waals surface area (Å²) in [6, 6.07) is 0.721. The van der Waals surface area contributed by atoms with Crippen molar-refractivity contribution in [2.45, 2.75) is 91.3 Å². The van der Waals surface area contributed by atoms with E-state index in [1.165, 1.54) is 84.6 Å². The van der Waals surface area contributed by atoms with E-state index in [4.69, 9.17) is 0 Å². The lowest BCUT2D eigenvalue weighted by Crippen LogP contribution is -2.55. The van der Waals surface area contributed by atoms with E-state index in [1.54, 1.807) is 0 Å². The Labute approximate surface area is 182 Å². The average molecular weight is 407 g/mol. The Kier molecular flexibility index (Phi) is 7.73. The molecule has 1 unspecified atom stereocenters. The summed E-state index contributed by atoms with van der Waals surface area (Å²) in [6.45, 7) is 28.3. The summed E-state index contributed by atoms with van der Waals surface area (Å²) in [5, 5.41) is 0. The van der Waals surface area contributed by atoms with Gasteiger partial charge in [-0.25, -0.2) is 0 Å². The maximum atomic E-state index is 2.80. The lowest BCUT2D eigenvalue weighted by atomic mass is 9.91. The number of hydrogen-bond donors (Lipinski definition) is 0. The van der Waals surface area contributed by atoms with Crippen molar-refractivity contribution >= 4 is 0 Å². The first-order valence-corrected chi connectivity index (χ1v) is 12.5. The maximum Gasteiger partial charge on any atom is 0.0195 e. The molecule has 170 valence electrons.